The van der Waals surface area contributed by atoms with E-state index in [1.54, 1.807) is 0 Å². The normalized spacial score (nSPS) is 16.9. The molecule has 9 heteroatoms. The summed E-state index contributed by atoms with van der Waals surface area (Å²) in [6.45, 7) is 9.09. The highest BCUT2D eigenvalue weighted by atomic mass is 19.4. The Bertz CT molecular complexity index is 699. The van der Waals surface area contributed by atoms with E-state index in [0.717, 1.165) is 31.6 Å². The number of anilines is 1. The van der Waals surface area contributed by atoms with E-state index < -0.39 is 11.7 Å². The summed E-state index contributed by atoms with van der Waals surface area (Å²) < 4.78 is 37.8. The molecule has 1 aromatic rings. The van der Waals surface area contributed by atoms with E-state index in [9.17, 15) is 22.8 Å². The van der Waals surface area contributed by atoms with Crippen LogP contribution in [-0.2, 0) is 15.8 Å². The van der Waals surface area contributed by atoms with Gasteiger partial charge in [0.15, 0.2) is 0 Å². The number of benzene rings is 1. The van der Waals surface area contributed by atoms with Crippen molar-refractivity contribution in [2.75, 3.05) is 44.6 Å². The summed E-state index contributed by atoms with van der Waals surface area (Å²) in [7, 11) is 0. The van der Waals surface area contributed by atoms with Crippen LogP contribution < -0.4 is 10.6 Å². The molecule has 1 heterocycles. The number of rotatable bonds is 5. The third-order valence-corrected chi connectivity index (χ3v) is 4.43. The molecule has 29 heavy (non-hydrogen) atoms. The van der Waals surface area contributed by atoms with Gasteiger partial charge in [0.2, 0.25) is 11.8 Å². The first-order valence-electron chi connectivity index (χ1n) is 9.65. The van der Waals surface area contributed by atoms with Crippen LogP contribution in [0.4, 0.5) is 18.9 Å². The molecule has 6 nitrogen and oxygen atoms in total. The maximum atomic E-state index is 12.6. The predicted octanol–water partition coefficient (Wildman–Crippen LogP) is 2.57. The summed E-state index contributed by atoms with van der Waals surface area (Å²) in [4.78, 5) is 28.4. The van der Waals surface area contributed by atoms with Crippen LogP contribution in [0.15, 0.2) is 24.3 Å². The minimum Gasteiger partial charge on any atom is -0.350 e. The lowest BCUT2D eigenvalue weighted by molar-refractivity contribution is -0.137. The van der Waals surface area contributed by atoms with Gasteiger partial charge in [-0.1, -0.05) is 0 Å². The number of nitrogens with zero attached hydrogens (tertiary/aromatic N) is 2. The zero-order valence-corrected chi connectivity index (χ0v) is 17.1. The second-order valence-electron chi connectivity index (χ2n) is 8.33. The Labute approximate surface area is 169 Å². The van der Waals surface area contributed by atoms with E-state index >= 15 is 0 Å². The lowest BCUT2D eigenvalue weighted by Crippen LogP contribution is -2.46. The van der Waals surface area contributed by atoms with E-state index in [-0.39, 0.29) is 23.9 Å². The smallest absolute Gasteiger partial charge is 0.350 e. The minimum atomic E-state index is -4.40. The molecule has 2 N–H and O–H groups in total. The Morgan fingerprint density at radius 3 is 1.90 bits per heavy atom. The SMILES string of the molecule is CC(C)(C)NC(=O)CN1CCCN(CC(=O)Nc2ccc(C(F)(F)F)cc2)CC1. The molecule has 1 aromatic carbocycles. The van der Waals surface area contributed by atoms with Crippen LogP contribution in [0, 0.1) is 0 Å². The molecule has 0 radical (unpaired) electrons. The highest BCUT2D eigenvalue weighted by molar-refractivity contribution is 5.92. The number of hydrogen-bond donors (Lipinski definition) is 2. The number of carbonyl (C=O) groups excluding carboxylic acids is 2. The van der Waals surface area contributed by atoms with Crippen molar-refractivity contribution in [3.63, 3.8) is 0 Å². The van der Waals surface area contributed by atoms with Crippen molar-refractivity contribution in [3.05, 3.63) is 29.8 Å². The van der Waals surface area contributed by atoms with Gasteiger partial charge >= 0.3 is 6.18 Å². The van der Waals surface area contributed by atoms with Crippen molar-refractivity contribution >= 4 is 17.5 Å². The number of hydrogen-bond acceptors (Lipinski definition) is 4. The third kappa shape index (κ3) is 8.41. The number of nitrogens with one attached hydrogen (secondary N) is 2. The van der Waals surface area contributed by atoms with Gasteiger partial charge in [-0.3, -0.25) is 19.4 Å². The van der Waals surface area contributed by atoms with Crippen molar-refractivity contribution in [2.24, 2.45) is 0 Å². The molecule has 0 spiro atoms. The fourth-order valence-electron chi connectivity index (χ4n) is 3.15. The van der Waals surface area contributed by atoms with Crippen LogP contribution in [-0.4, -0.2) is 66.4 Å². The molecular formula is C20H29F3N4O2. The van der Waals surface area contributed by atoms with Crippen LogP contribution in [0.5, 0.6) is 0 Å². The van der Waals surface area contributed by atoms with Crippen molar-refractivity contribution < 1.29 is 22.8 Å². The van der Waals surface area contributed by atoms with Crippen LogP contribution in [0.2, 0.25) is 0 Å². The molecule has 0 unspecified atom stereocenters. The first-order chi connectivity index (χ1) is 13.4. The van der Waals surface area contributed by atoms with Gasteiger partial charge in [0.25, 0.3) is 0 Å². The van der Waals surface area contributed by atoms with E-state index in [1.165, 1.54) is 12.1 Å². The number of halogens is 3. The van der Waals surface area contributed by atoms with Crippen LogP contribution >= 0.6 is 0 Å². The molecule has 0 saturated carbocycles. The average molecular weight is 414 g/mol. The summed E-state index contributed by atoms with van der Waals surface area (Å²) >= 11 is 0. The summed E-state index contributed by atoms with van der Waals surface area (Å²) in [6.07, 6.45) is -3.57. The third-order valence-electron chi connectivity index (χ3n) is 4.43. The van der Waals surface area contributed by atoms with Crippen molar-refractivity contribution in [1.29, 1.82) is 0 Å². The van der Waals surface area contributed by atoms with Gasteiger partial charge in [-0.05, 0) is 64.5 Å². The molecule has 1 fully saturated rings. The Balaban J connectivity index is 1.79. The second-order valence-corrected chi connectivity index (χ2v) is 8.33. The fourth-order valence-corrected chi connectivity index (χ4v) is 3.15. The molecule has 0 aliphatic carbocycles. The van der Waals surface area contributed by atoms with Gasteiger partial charge in [-0.2, -0.15) is 13.2 Å². The lowest BCUT2D eigenvalue weighted by atomic mass is 10.1. The summed E-state index contributed by atoms with van der Waals surface area (Å²) in [5.41, 5.74) is -0.692. The molecular weight excluding hydrogens is 385 g/mol. The average Bonchev–Trinajstić information content (AvgIpc) is 2.78. The standard InChI is InChI=1S/C20H29F3N4O2/c1-19(2,3)25-18(29)14-27-10-4-9-26(11-12-27)13-17(28)24-16-7-5-15(6-8-16)20(21,22)23/h5-8H,4,9-14H2,1-3H3,(H,24,28)(H,25,29). The zero-order chi connectivity index (χ0) is 21.7. The van der Waals surface area contributed by atoms with E-state index in [2.05, 4.69) is 15.5 Å². The van der Waals surface area contributed by atoms with E-state index in [1.807, 2.05) is 25.7 Å². The molecule has 0 bridgehead atoms. The van der Waals surface area contributed by atoms with Crippen molar-refractivity contribution in [1.82, 2.24) is 15.1 Å². The molecule has 2 amide bonds. The van der Waals surface area contributed by atoms with Gasteiger partial charge in [0, 0.05) is 24.3 Å². The highest BCUT2D eigenvalue weighted by Crippen LogP contribution is 2.29. The maximum absolute atomic E-state index is 12.6. The molecule has 2 rings (SSSR count). The monoisotopic (exact) mass is 414 g/mol. The summed E-state index contributed by atoms with van der Waals surface area (Å²) in [6, 6.07) is 4.39. The number of alkyl halides is 3. The Kier molecular flexibility index (Phi) is 7.65. The van der Waals surface area contributed by atoms with Crippen LogP contribution in [0.3, 0.4) is 0 Å². The first-order valence-corrected chi connectivity index (χ1v) is 9.65. The largest absolute Gasteiger partial charge is 0.416 e. The van der Waals surface area contributed by atoms with E-state index in [4.69, 9.17) is 0 Å². The van der Waals surface area contributed by atoms with Crippen molar-refractivity contribution in [3.8, 4) is 0 Å². The highest BCUT2D eigenvalue weighted by Gasteiger charge is 2.30. The predicted molar refractivity (Wildman–Crippen MR) is 105 cm³/mol. The molecule has 1 aliphatic heterocycles. The van der Waals surface area contributed by atoms with Gasteiger partial charge < -0.3 is 10.6 Å². The maximum Gasteiger partial charge on any atom is 0.416 e. The lowest BCUT2D eigenvalue weighted by Gasteiger charge is -2.25. The van der Waals surface area contributed by atoms with E-state index in [0.29, 0.717) is 25.3 Å². The summed E-state index contributed by atoms with van der Waals surface area (Å²) in [5, 5.41) is 5.57. The number of carbonyl (C=O) groups is 2. The molecule has 1 aliphatic rings. The topological polar surface area (TPSA) is 64.7 Å². The zero-order valence-electron chi connectivity index (χ0n) is 17.1. The Morgan fingerprint density at radius 1 is 0.897 bits per heavy atom. The quantitative estimate of drug-likeness (QED) is 0.777. The molecule has 0 aromatic heterocycles. The van der Waals surface area contributed by atoms with Gasteiger partial charge in [0.1, 0.15) is 0 Å². The summed E-state index contributed by atoms with van der Waals surface area (Å²) in [5.74, 6) is -0.297. The van der Waals surface area contributed by atoms with Gasteiger partial charge in [0.05, 0.1) is 18.7 Å². The van der Waals surface area contributed by atoms with Gasteiger partial charge in [-0.15, -0.1) is 0 Å². The Hall–Kier alpha value is -2.13. The van der Waals surface area contributed by atoms with Gasteiger partial charge in [-0.25, -0.2) is 0 Å². The molecule has 0 atom stereocenters. The Morgan fingerprint density at radius 2 is 1.41 bits per heavy atom. The molecule has 162 valence electrons. The van der Waals surface area contributed by atoms with Crippen LogP contribution in [0.1, 0.15) is 32.8 Å². The second kappa shape index (κ2) is 9.58. The first kappa shape index (κ1) is 23.2. The van der Waals surface area contributed by atoms with Crippen LogP contribution in [0.25, 0.3) is 0 Å². The molecule has 1 saturated heterocycles. The van der Waals surface area contributed by atoms with Crippen molar-refractivity contribution in [2.45, 2.75) is 38.9 Å². The minimum absolute atomic E-state index is 0.0222. The number of amides is 2. The fraction of sp³-hybridized carbons (Fsp3) is 0.600.